The number of methoxy groups -OCH3 is 2. The van der Waals surface area contributed by atoms with Crippen LogP contribution in [0.2, 0.25) is 5.02 Å². The van der Waals surface area contributed by atoms with Gasteiger partial charge in [0.2, 0.25) is 11.8 Å². The van der Waals surface area contributed by atoms with Crippen molar-refractivity contribution in [3.8, 4) is 11.5 Å². The number of pyridine rings is 1. The minimum absolute atomic E-state index is 0.00748. The summed E-state index contributed by atoms with van der Waals surface area (Å²) >= 11 is 6.13. The van der Waals surface area contributed by atoms with E-state index in [2.05, 4.69) is 15.3 Å². The molecule has 1 aliphatic heterocycles. The zero-order valence-corrected chi connectivity index (χ0v) is 18.8. The first-order chi connectivity index (χ1) is 16.0. The number of aliphatic imine (C=N–C) groups is 1. The van der Waals surface area contributed by atoms with Crippen molar-refractivity contribution in [3.63, 3.8) is 0 Å². The number of nitrogens with one attached hydrogen (secondary N) is 1. The fraction of sp³-hybridized carbons (Fsp3) is 0.167. The average molecular weight is 465 g/mol. The SMILES string of the molecule is COc1ccc(OC)c(NC(=O)CN2C(=O)CC(c3cccc(Cl)c3)=Nc3cccnc32)c1. The zero-order valence-electron chi connectivity index (χ0n) is 18.0. The second kappa shape index (κ2) is 9.70. The summed E-state index contributed by atoms with van der Waals surface area (Å²) in [6, 6.07) is 15.7. The number of ether oxygens (including phenoxy) is 2. The van der Waals surface area contributed by atoms with E-state index in [1.807, 2.05) is 6.07 Å². The molecule has 0 unspecified atom stereocenters. The van der Waals surface area contributed by atoms with Crippen molar-refractivity contribution in [2.45, 2.75) is 6.42 Å². The van der Waals surface area contributed by atoms with Gasteiger partial charge in [0.05, 0.1) is 32.0 Å². The van der Waals surface area contributed by atoms with Gasteiger partial charge in [-0.3, -0.25) is 14.5 Å². The Bertz CT molecular complexity index is 1240. The molecule has 168 valence electrons. The standard InChI is InChI=1S/C24H21ClN4O4/c1-32-17-8-9-21(33-2)20(12-17)28-22(30)14-29-23(31)13-19(15-5-3-6-16(25)11-15)27-18-7-4-10-26-24(18)29/h3-12H,13-14H2,1-2H3,(H,28,30). The Hall–Kier alpha value is -3.91. The minimum Gasteiger partial charge on any atom is -0.497 e. The van der Waals surface area contributed by atoms with E-state index in [0.29, 0.717) is 39.4 Å². The maximum absolute atomic E-state index is 13.2. The molecule has 2 amide bonds. The van der Waals surface area contributed by atoms with Crippen LogP contribution in [0.4, 0.5) is 17.2 Å². The molecule has 0 atom stereocenters. The summed E-state index contributed by atoms with van der Waals surface area (Å²) in [4.78, 5) is 36.4. The van der Waals surface area contributed by atoms with Gasteiger partial charge < -0.3 is 14.8 Å². The average Bonchev–Trinajstić information content (AvgIpc) is 2.95. The molecule has 2 aromatic carbocycles. The van der Waals surface area contributed by atoms with Gasteiger partial charge in [-0.1, -0.05) is 23.7 Å². The van der Waals surface area contributed by atoms with E-state index in [4.69, 9.17) is 21.1 Å². The van der Waals surface area contributed by atoms with Crippen LogP contribution in [0, 0.1) is 0 Å². The van der Waals surface area contributed by atoms with Crippen LogP contribution in [0.1, 0.15) is 12.0 Å². The molecule has 0 fully saturated rings. The summed E-state index contributed by atoms with van der Waals surface area (Å²) in [5.41, 5.74) is 2.21. The zero-order chi connectivity index (χ0) is 23.4. The van der Waals surface area contributed by atoms with Crippen LogP contribution in [-0.2, 0) is 9.59 Å². The fourth-order valence-electron chi connectivity index (χ4n) is 3.47. The highest BCUT2D eigenvalue weighted by atomic mass is 35.5. The van der Waals surface area contributed by atoms with Gasteiger partial charge in [-0.25, -0.2) is 9.98 Å². The van der Waals surface area contributed by atoms with Crippen molar-refractivity contribution in [2.75, 3.05) is 31.0 Å². The molecular weight excluding hydrogens is 444 g/mol. The van der Waals surface area contributed by atoms with Crippen LogP contribution in [0.25, 0.3) is 0 Å². The molecule has 0 radical (unpaired) electrons. The van der Waals surface area contributed by atoms with Crippen LogP contribution >= 0.6 is 11.6 Å². The smallest absolute Gasteiger partial charge is 0.244 e. The van der Waals surface area contributed by atoms with Crippen LogP contribution < -0.4 is 19.7 Å². The van der Waals surface area contributed by atoms with Crippen LogP contribution in [0.15, 0.2) is 65.8 Å². The Labute approximate surface area is 195 Å². The van der Waals surface area contributed by atoms with Crippen LogP contribution in [0.5, 0.6) is 11.5 Å². The number of halogens is 1. The fourth-order valence-corrected chi connectivity index (χ4v) is 3.66. The van der Waals surface area contributed by atoms with E-state index in [1.54, 1.807) is 54.7 Å². The van der Waals surface area contributed by atoms with E-state index >= 15 is 0 Å². The number of carbonyl (C=O) groups excluding carboxylic acids is 2. The largest absolute Gasteiger partial charge is 0.497 e. The van der Waals surface area contributed by atoms with E-state index in [0.717, 1.165) is 5.56 Å². The molecule has 0 saturated heterocycles. The number of fused-ring (bicyclic) bond motifs is 1. The predicted molar refractivity (Wildman–Crippen MR) is 127 cm³/mol. The summed E-state index contributed by atoms with van der Waals surface area (Å²) in [5.74, 6) is 0.615. The number of hydrogen-bond acceptors (Lipinski definition) is 6. The number of nitrogens with zero attached hydrogens (tertiary/aromatic N) is 3. The lowest BCUT2D eigenvalue weighted by Crippen LogP contribution is -2.39. The van der Waals surface area contributed by atoms with Crippen molar-refractivity contribution >= 4 is 46.3 Å². The molecule has 8 nitrogen and oxygen atoms in total. The maximum Gasteiger partial charge on any atom is 0.244 e. The lowest BCUT2D eigenvalue weighted by molar-refractivity contribution is -0.120. The molecule has 0 spiro atoms. The van der Waals surface area contributed by atoms with Crippen molar-refractivity contribution in [2.24, 2.45) is 4.99 Å². The molecular formula is C24H21ClN4O4. The first-order valence-corrected chi connectivity index (χ1v) is 10.5. The van der Waals surface area contributed by atoms with E-state index in [9.17, 15) is 9.59 Å². The number of hydrogen-bond donors (Lipinski definition) is 1. The summed E-state index contributed by atoms with van der Waals surface area (Å²) in [7, 11) is 3.04. The Morgan fingerprint density at radius 2 is 1.97 bits per heavy atom. The molecule has 9 heteroatoms. The number of carbonyl (C=O) groups is 2. The number of amides is 2. The molecule has 2 heterocycles. The number of rotatable bonds is 6. The van der Waals surface area contributed by atoms with Gasteiger partial charge in [0.15, 0.2) is 5.82 Å². The lowest BCUT2D eigenvalue weighted by Gasteiger charge is -2.21. The highest BCUT2D eigenvalue weighted by Gasteiger charge is 2.28. The number of aromatic nitrogens is 1. The van der Waals surface area contributed by atoms with Crippen LogP contribution in [0.3, 0.4) is 0 Å². The summed E-state index contributed by atoms with van der Waals surface area (Å²) in [5, 5.41) is 3.33. The monoisotopic (exact) mass is 464 g/mol. The summed E-state index contributed by atoms with van der Waals surface area (Å²) < 4.78 is 10.5. The second-order valence-corrected chi connectivity index (χ2v) is 7.62. The Morgan fingerprint density at radius 3 is 2.73 bits per heavy atom. The third-order valence-corrected chi connectivity index (χ3v) is 5.27. The molecule has 1 N–H and O–H groups in total. The first kappa shape index (κ1) is 22.3. The molecule has 0 bridgehead atoms. The van der Waals surface area contributed by atoms with Gasteiger partial charge in [0.25, 0.3) is 0 Å². The van der Waals surface area contributed by atoms with Gasteiger partial charge in [-0.15, -0.1) is 0 Å². The Morgan fingerprint density at radius 1 is 1.12 bits per heavy atom. The summed E-state index contributed by atoms with van der Waals surface area (Å²) in [6.07, 6.45) is 1.55. The van der Waals surface area contributed by atoms with Crippen molar-refractivity contribution in [1.29, 1.82) is 0 Å². The normalized spacial score (nSPS) is 13.0. The highest BCUT2D eigenvalue weighted by Crippen LogP contribution is 2.32. The molecule has 1 aromatic heterocycles. The minimum atomic E-state index is -0.419. The maximum atomic E-state index is 13.2. The molecule has 1 aliphatic rings. The van der Waals surface area contributed by atoms with Gasteiger partial charge in [0, 0.05) is 17.3 Å². The van der Waals surface area contributed by atoms with Crippen molar-refractivity contribution in [3.05, 3.63) is 71.4 Å². The van der Waals surface area contributed by atoms with Gasteiger partial charge in [-0.05, 0) is 42.0 Å². The quantitative estimate of drug-likeness (QED) is 0.588. The van der Waals surface area contributed by atoms with Crippen molar-refractivity contribution in [1.82, 2.24) is 4.98 Å². The van der Waals surface area contributed by atoms with Gasteiger partial charge in [0.1, 0.15) is 23.7 Å². The number of benzene rings is 2. The van der Waals surface area contributed by atoms with Gasteiger partial charge in [-0.2, -0.15) is 0 Å². The van der Waals surface area contributed by atoms with Crippen LogP contribution in [-0.4, -0.2) is 43.3 Å². The van der Waals surface area contributed by atoms with Gasteiger partial charge >= 0.3 is 0 Å². The second-order valence-electron chi connectivity index (χ2n) is 7.19. The molecule has 33 heavy (non-hydrogen) atoms. The third kappa shape index (κ3) is 4.96. The molecule has 0 aliphatic carbocycles. The lowest BCUT2D eigenvalue weighted by atomic mass is 10.1. The van der Waals surface area contributed by atoms with E-state index in [-0.39, 0.29) is 18.9 Å². The predicted octanol–water partition coefficient (Wildman–Crippen LogP) is 4.25. The van der Waals surface area contributed by atoms with E-state index < -0.39 is 5.91 Å². The molecule has 4 rings (SSSR count). The Kier molecular flexibility index (Phi) is 6.55. The van der Waals surface area contributed by atoms with Crippen molar-refractivity contribution < 1.29 is 19.1 Å². The summed E-state index contributed by atoms with van der Waals surface area (Å²) in [6.45, 7) is -0.248. The third-order valence-electron chi connectivity index (χ3n) is 5.04. The Balaban J connectivity index is 1.61. The molecule has 0 saturated carbocycles. The topological polar surface area (TPSA) is 93.1 Å². The van der Waals surface area contributed by atoms with E-state index in [1.165, 1.54) is 19.1 Å². The number of anilines is 2. The first-order valence-electron chi connectivity index (χ1n) is 10.1. The highest BCUT2D eigenvalue weighted by molar-refractivity contribution is 6.31. The molecule has 3 aromatic rings.